The highest BCUT2D eigenvalue weighted by atomic mass is 35.5. The van der Waals surface area contributed by atoms with Gasteiger partial charge in [-0.2, -0.15) is 0 Å². The molecule has 2 aliphatic heterocycles. The molecule has 0 saturated carbocycles. The first-order valence-electron chi connectivity index (χ1n) is 6.83. The van der Waals surface area contributed by atoms with Crippen LogP contribution in [0.25, 0.3) is 0 Å². The third-order valence-electron chi connectivity index (χ3n) is 4.24. The normalized spacial score (nSPS) is 25.6. The highest BCUT2D eigenvalue weighted by Gasteiger charge is 2.34. The fraction of sp³-hybridized carbons (Fsp3) is 0.533. The Labute approximate surface area is 120 Å². The largest absolute Gasteiger partial charge is 0.338 e. The predicted molar refractivity (Wildman–Crippen MR) is 78.8 cm³/mol. The van der Waals surface area contributed by atoms with Crippen LogP contribution in [-0.4, -0.2) is 36.5 Å². The zero-order valence-corrected chi connectivity index (χ0v) is 12.1. The van der Waals surface area contributed by atoms with Gasteiger partial charge in [-0.15, -0.1) is 12.4 Å². The Balaban J connectivity index is 0.00000133. The van der Waals surface area contributed by atoms with Gasteiger partial charge in [-0.25, -0.2) is 0 Å². The van der Waals surface area contributed by atoms with Crippen molar-refractivity contribution in [3.63, 3.8) is 0 Å². The summed E-state index contributed by atoms with van der Waals surface area (Å²) in [5.74, 6) is 0.855. The number of hydrogen-bond donors (Lipinski definition) is 1. The van der Waals surface area contributed by atoms with E-state index in [0.717, 1.165) is 31.6 Å². The number of halogens is 1. The molecular weight excluding hydrogens is 260 g/mol. The third-order valence-corrected chi connectivity index (χ3v) is 4.24. The smallest absolute Gasteiger partial charge is 0.253 e. The van der Waals surface area contributed by atoms with E-state index in [0.29, 0.717) is 12.0 Å². The van der Waals surface area contributed by atoms with Gasteiger partial charge in [0.15, 0.2) is 0 Å². The van der Waals surface area contributed by atoms with Gasteiger partial charge in [0, 0.05) is 24.7 Å². The van der Waals surface area contributed by atoms with Crippen molar-refractivity contribution in [2.24, 2.45) is 5.92 Å². The molecule has 2 aliphatic rings. The molecule has 4 heteroatoms. The van der Waals surface area contributed by atoms with Crippen LogP contribution < -0.4 is 5.32 Å². The van der Waals surface area contributed by atoms with E-state index in [4.69, 9.17) is 0 Å². The zero-order valence-electron chi connectivity index (χ0n) is 11.3. The molecule has 19 heavy (non-hydrogen) atoms. The van der Waals surface area contributed by atoms with Crippen molar-refractivity contribution in [2.75, 3.05) is 19.6 Å². The Morgan fingerprint density at radius 2 is 2.00 bits per heavy atom. The summed E-state index contributed by atoms with van der Waals surface area (Å²) in [6, 6.07) is 8.55. The van der Waals surface area contributed by atoms with E-state index in [-0.39, 0.29) is 18.3 Å². The summed E-state index contributed by atoms with van der Waals surface area (Å²) >= 11 is 0. The first-order valence-corrected chi connectivity index (χ1v) is 6.83. The van der Waals surface area contributed by atoms with Crippen molar-refractivity contribution in [1.29, 1.82) is 0 Å². The van der Waals surface area contributed by atoms with E-state index in [1.165, 1.54) is 12.0 Å². The molecule has 2 atom stereocenters. The molecule has 2 heterocycles. The lowest BCUT2D eigenvalue weighted by Crippen LogP contribution is -2.46. The van der Waals surface area contributed by atoms with Gasteiger partial charge in [0.05, 0.1) is 0 Å². The maximum Gasteiger partial charge on any atom is 0.253 e. The first-order chi connectivity index (χ1) is 8.74. The van der Waals surface area contributed by atoms with Crippen molar-refractivity contribution in [3.05, 3.63) is 35.4 Å². The van der Waals surface area contributed by atoms with Crippen LogP contribution in [0.4, 0.5) is 0 Å². The van der Waals surface area contributed by atoms with Gasteiger partial charge in [0.1, 0.15) is 0 Å². The van der Waals surface area contributed by atoms with Gasteiger partial charge in [-0.1, -0.05) is 17.7 Å². The summed E-state index contributed by atoms with van der Waals surface area (Å²) in [5, 5.41) is 3.53. The molecule has 0 aliphatic carbocycles. The average molecular weight is 281 g/mol. The minimum atomic E-state index is 0. The number of carbonyl (C=O) groups is 1. The monoisotopic (exact) mass is 280 g/mol. The molecule has 0 bridgehead atoms. The quantitative estimate of drug-likeness (QED) is 0.856. The molecule has 0 spiro atoms. The SMILES string of the molecule is Cc1ccc(C(=O)N2CCC3NCCC3C2)cc1.Cl. The average Bonchev–Trinajstić information content (AvgIpc) is 2.86. The molecule has 2 saturated heterocycles. The Morgan fingerprint density at radius 1 is 1.26 bits per heavy atom. The van der Waals surface area contributed by atoms with E-state index in [9.17, 15) is 4.79 Å². The highest BCUT2D eigenvalue weighted by Crippen LogP contribution is 2.25. The van der Waals surface area contributed by atoms with E-state index in [1.54, 1.807) is 0 Å². The number of nitrogens with one attached hydrogen (secondary N) is 1. The number of nitrogens with zero attached hydrogens (tertiary/aromatic N) is 1. The van der Waals surface area contributed by atoms with Crippen molar-refractivity contribution in [1.82, 2.24) is 10.2 Å². The summed E-state index contributed by atoms with van der Waals surface area (Å²) in [7, 11) is 0. The van der Waals surface area contributed by atoms with Gasteiger partial charge < -0.3 is 10.2 Å². The minimum Gasteiger partial charge on any atom is -0.338 e. The molecular formula is C15H21ClN2O. The molecule has 1 aromatic rings. The zero-order chi connectivity index (χ0) is 12.5. The number of amides is 1. The lowest BCUT2D eigenvalue weighted by molar-refractivity contribution is 0.0662. The number of aryl methyl sites for hydroxylation is 1. The molecule has 0 radical (unpaired) electrons. The fourth-order valence-electron chi connectivity index (χ4n) is 3.11. The van der Waals surface area contributed by atoms with Crippen LogP contribution in [-0.2, 0) is 0 Å². The second kappa shape index (κ2) is 5.93. The van der Waals surface area contributed by atoms with Crippen LogP contribution in [0.1, 0.15) is 28.8 Å². The predicted octanol–water partition coefficient (Wildman–Crippen LogP) is 2.24. The number of fused-ring (bicyclic) bond motifs is 1. The topological polar surface area (TPSA) is 32.3 Å². The van der Waals surface area contributed by atoms with Crippen LogP contribution in [0, 0.1) is 12.8 Å². The fourth-order valence-corrected chi connectivity index (χ4v) is 3.11. The Bertz CT molecular complexity index is 446. The van der Waals surface area contributed by atoms with Gasteiger partial charge in [0.2, 0.25) is 0 Å². The van der Waals surface area contributed by atoms with Crippen molar-refractivity contribution in [2.45, 2.75) is 25.8 Å². The molecule has 3 nitrogen and oxygen atoms in total. The molecule has 104 valence electrons. The molecule has 1 amide bonds. The number of rotatable bonds is 1. The summed E-state index contributed by atoms with van der Waals surface area (Å²) in [5.41, 5.74) is 2.02. The maximum absolute atomic E-state index is 12.4. The molecule has 3 rings (SSSR count). The Morgan fingerprint density at radius 3 is 2.74 bits per heavy atom. The first kappa shape index (κ1) is 14.4. The molecule has 0 aromatic heterocycles. The van der Waals surface area contributed by atoms with Crippen molar-refractivity contribution in [3.8, 4) is 0 Å². The molecule has 1 N–H and O–H groups in total. The number of piperidine rings is 1. The van der Waals surface area contributed by atoms with E-state index < -0.39 is 0 Å². The highest BCUT2D eigenvalue weighted by molar-refractivity contribution is 5.94. The molecule has 2 unspecified atom stereocenters. The summed E-state index contributed by atoms with van der Waals surface area (Å²) in [6.45, 7) is 4.97. The molecule has 1 aromatic carbocycles. The Kier molecular flexibility index (Phi) is 4.48. The van der Waals surface area contributed by atoms with Crippen LogP contribution in [0.5, 0.6) is 0 Å². The van der Waals surface area contributed by atoms with E-state index >= 15 is 0 Å². The van der Waals surface area contributed by atoms with Crippen molar-refractivity contribution >= 4 is 18.3 Å². The number of hydrogen-bond acceptors (Lipinski definition) is 2. The van der Waals surface area contributed by atoms with Crippen LogP contribution in [0.3, 0.4) is 0 Å². The summed E-state index contributed by atoms with van der Waals surface area (Å²) < 4.78 is 0. The van der Waals surface area contributed by atoms with Crippen molar-refractivity contribution < 1.29 is 4.79 Å². The standard InChI is InChI=1S/C15H20N2O.ClH/c1-11-2-4-12(5-3-11)15(18)17-9-7-14-13(10-17)6-8-16-14;/h2-5,13-14,16H,6-10H2,1H3;1H. The molecule has 2 fully saturated rings. The summed E-state index contributed by atoms with van der Waals surface area (Å²) in [6.07, 6.45) is 2.31. The van der Waals surface area contributed by atoms with Crippen LogP contribution in [0.2, 0.25) is 0 Å². The van der Waals surface area contributed by atoms with Gasteiger partial charge in [-0.3, -0.25) is 4.79 Å². The lowest BCUT2D eigenvalue weighted by Gasteiger charge is -2.34. The Hall–Kier alpha value is -1.06. The lowest BCUT2D eigenvalue weighted by atomic mass is 9.93. The van der Waals surface area contributed by atoms with Crippen LogP contribution >= 0.6 is 12.4 Å². The van der Waals surface area contributed by atoms with Gasteiger partial charge in [-0.05, 0) is 44.4 Å². The second-order valence-corrected chi connectivity index (χ2v) is 5.52. The van der Waals surface area contributed by atoms with E-state index in [2.05, 4.69) is 5.32 Å². The van der Waals surface area contributed by atoms with Crippen LogP contribution in [0.15, 0.2) is 24.3 Å². The number of benzene rings is 1. The number of likely N-dealkylation sites (tertiary alicyclic amines) is 1. The maximum atomic E-state index is 12.4. The van der Waals surface area contributed by atoms with Gasteiger partial charge >= 0.3 is 0 Å². The van der Waals surface area contributed by atoms with E-state index in [1.807, 2.05) is 36.1 Å². The third kappa shape index (κ3) is 2.93. The second-order valence-electron chi connectivity index (χ2n) is 5.52. The summed E-state index contributed by atoms with van der Waals surface area (Å²) in [4.78, 5) is 14.4. The number of carbonyl (C=O) groups excluding carboxylic acids is 1. The minimum absolute atomic E-state index is 0. The van der Waals surface area contributed by atoms with Gasteiger partial charge in [0.25, 0.3) is 5.91 Å².